The summed E-state index contributed by atoms with van der Waals surface area (Å²) in [4.78, 5) is 4.81. The summed E-state index contributed by atoms with van der Waals surface area (Å²) in [7, 11) is 3.82. The SMILES string of the molecule is C=CCOc1cc(Cl)c(CN2CCCN(C)CC2)cc1OC. The second kappa shape index (κ2) is 8.42. The van der Waals surface area contributed by atoms with Crippen molar-refractivity contribution < 1.29 is 9.47 Å². The van der Waals surface area contributed by atoms with E-state index in [1.54, 1.807) is 13.2 Å². The number of rotatable bonds is 6. The molecule has 0 bridgehead atoms. The van der Waals surface area contributed by atoms with Crippen LogP contribution in [0.15, 0.2) is 24.8 Å². The fraction of sp³-hybridized carbons (Fsp3) is 0.529. The van der Waals surface area contributed by atoms with Crippen LogP contribution in [0.3, 0.4) is 0 Å². The van der Waals surface area contributed by atoms with Gasteiger partial charge in [-0.1, -0.05) is 24.3 Å². The summed E-state index contributed by atoms with van der Waals surface area (Å²) in [6, 6.07) is 3.82. The minimum atomic E-state index is 0.435. The van der Waals surface area contributed by atoms with Gasteiger partial charge < -0.3 is 14.4 Å². The molecule has 2 rings (SSSR count). The van der Waals surface area contributed by atoms with Crippen LogP contribution in [0.2, 0.25) is 5.02 Å². The number of halogens is 1. The predicted molar refractivity (Wildman–Crippen MR) is 91.1 cm³/mol. The van der Waals surface area contributed by atoms with Crippen LogP contribution < -0.4 is 9.47 Å². The molecule has 1 saturated heterocycles. The van der Waals surface area contributed by atoms with E-state index in [1.165, 1.54) is 6.42 Å². The van der Waals surface area contributed by atoms with Crippen molar-refractivity contribution in [2.45, 2.75) is 13.0 Å². The molecular formula is C17H25ClN2O2. The molecule has 0 radical (unpaired) electrons. The van der Waals surface area contributed by atoms with Crippen LogP contribution in [0.5, 0.6) is 11.5 Å². The number of hydrogen-bond donors (Lipinski definition) is 0. The fourth-order valence-electron chi connectivity index (χ4n) is 2.62. The smallest absolute Gasteiger partial charge is 0.163 e. The summed E-state index contributed by atoms with van der Waals surface area (Å²) in [5.41, 5.74) is 1.08. The lowest BCUT2D eigenvalue weighted by Gasteiger charge is -2.21. The van der Waals surface area contributed by atoms with E-state index in [0.29, 0.717) is 18.1 Å². The van der Waals surface area contributed by atoms with Crippen molar-refractivity contribution in [2.24, 2.45) is 0 Å². The van der Waals surface area contributed by atoms with Crippen LogP contribution in [-0.4, -0.2) is 56.7 Å². The van der Waals surface area contributed by atoms with Crippen molar-refractivity contribution >= 4 is 11.6 Å². The van der Waals surface area contributed by atoms with E-state index >= 15 is 0 Å². The molecule has 122 valence electrons. The number of likely N-dealkylation sites (N-methyl/N-ethyl adjacent to an activating group) is 1. The molecule has 1 aliphatic rings. The van der Waals surface area contributed by atoms with E-state index in [-0.39, 0.29) is 0 Å². The summed E-state index contributed by atoms with van der Waals surface area (Å²) in [6.07, 6.45) is 2.89. The lowest BCUT2D eigenvalue weighted by molar-refractivity contribution is 0.268. The molecule has 0 N–H and O–H groups in total. The second-order valence-corrected chi connectivity index (χ2v) is 6.03. The van der Waals surface area contributed by atoms with Gasteiger partial charge in [0.2, 0.25) is 0 Å². The Morgan fingerprint density at radius 2 is 2.05 bits per heavy atom. The number of methoxy groups -OCH3 is 1. The number of nitrogens with zero attached hydrogens (tertiary/aromatic N) is 2. The van der Waals surface area contributed by atoms with Gasteiger partial charge in [0.05, 0.1) is 7.11 Å². The summed E-state index contributed by atoms with van der Waals surface area (Å²) < 4.78 is 11.0. The predicted octanol–water partition coefficient (Wildman–Crippen LogP) is 3.05. The molecule has 0 aromatic heterocycles. The van der Waals surface area contributed by atoms with E-state index < -0.39 is 0 Å². The third kappa shape index (κ3) is 4.63. The molecule has 1 fully saturated rings. The third-order valence-electron chi connectivity index (χ3n) is 3.90. The third-order valence-corrected chi connectivity index (χ3v) is 4.25. The van der Waals surface area contributed by atoms with Gasteiger partial charge in [-0.15, -0.1) is 0 Å². The molecule has 4 nitrogen and oxygen atoms in total. The normalized spacial score (nSPS) is 17.0. The maximum Gasteiger partial charge on any atom is 0.163 e. The largest absolute Gasteiger partial charge is 0.493 e. The van der Waals surface area contributed by atoms with Crippen molar-refractivity contribution in [1.29, 1.82) is 0 Å². The number of ether oxygens (including phenoxy) is 2. The lowest BCUT2D eigenvalue weighted by atomic mass is 10.1. The summed E-state index contributed by atoms with van der Waals surface area (Å²) in [6.45, 7) is 9.33. The van der Waals surface area contributed by atoms with Crippen LogP contribution in [0.25, 0.3) is 0 Å². The highest BCUT2D eigenvalue weighted by Gasteiger charge is 2.16. The van der Waals surface area contributed by atoms with E-state index in [2.05, 4.69) is 23.4 Å². The highest BCUT2D eigenvalue weighted by Crippen LogP contribution is 2.34. The molecule has 0 aliphatic carbocycles. The van der Waals surface area contributed by atoms with Gasteiger partial charge in [0.1, 0.15) is 6.61 Å². The first-order valence-electron chi connectivity index (χ1n) is 7.65. The highest BCUT2D eigenvalue weighted by molar-refractivity contribution is 6.31. The minimum absolute atomic E-state index is 0.435. The van der Waals surface area contributed by atoms with Gasteiger partial charge in [0.15, 0.2) is 11.5 Å². The zero-order valence-corrected chi connectivity index (χ0v) is 14.2. The molecule has 5 heteroatoms. The van der Waals surface area contributed by atoms with Gasteiger partial charge >= 0.3 is 0 Å². The molecule has 1 aliphatic heterocycles. The molecule has 0 unspecified atom stereocenters. The second-order valence-electron chi connectivity index (χ2n) is 5.63. The van der Waals surface area contributed by atoms with Crippen molar-refractivity contribution in [3.05, 3.63) is 35.4 Å². The van der Waals surface area contributed by atoms with Crippen molar-refractivity contribution in [3.8, 4) is 11.5 Å². The summed E-state index contributed by atoms with van der Waals surface area (Å²) >= 11 is 6.43. The molecule has 0 spiro atoms. The molecule has 22 heavy (non-hydrogen) atoms. The Hall–Kier alpha value is -1.23. The molecule has 0 atom stereocenters. The van der Waals surface area contributed by atoms with Gasteiger partial charge in [-0.2, -0.15) is 0 Å². The zero-order chi connectivity index (χ0) is 15.9. The van der Waals surface area contributed by atoms with E-state index in [4.69, 9.17) is 21.1 Å². The maximum atomic E-state index is 6.43. The fourth-order valence-corrected chi connectivity index (χ4v) is 2.83. The van der Waals surface area contributed by atoms with Gasteiger partial charge in [0.25, 0.3) is 0 Å². The van der Waals surface area contributed by atoms with Crippen LogP contribution in [-0.2, 0) is 6.54 Å². The Bertz CT molecular complexity index is 508. The lowest BCUT2D eigenvalue weighted by Crippen LogP contribution is -2.28. The monoisotopic (exact) mass is 324 g/mol. The molecule has 1 heterocycles. The first kappa shape index (κ1) is 17.1. The average molecular weight is 325 g/mol. The molecular weight excluding hydrogens is 300 g/mol. The maximum absolute atomic E-state index is 6.43. The van der Waals surface area contributed by atoms with Crippen molar-refractivity contribution in [2.75, 3.05) is 46.9 Å². The van der Waals surface area contributed by atoms with Crippen LogP contribution >= 0.6 is 11.6 Å². The Balaban J connectivity index is 2.11. The zero-order valence-electron chi connectivity index (χ0n) is 13.5. The number of benzene rings is 1. The summed E-state index contributed by atoms with van der Waals surface area (Å²) in [5.74, 6) is 1.37. The first-order valence-corrected chi connectivity index (χ1v) is 8.03. The Labute approximate surface area is 138 Å². The Morgan fingerprint density at radius 3 is 2.77 bits per heavy atom. The van der Waals surface area contributed by atoms with Crippen LogP contribution in [0.4, 0.5) is 0 Å². The standard InChI is InChI=1S/C17H25ClN2O2/c1-4-10-22-17-12-15(18)14(11-16(17)21-3)13-20-7-5-6-19(2)8-9-20/h4,11-12H,1,5-10,13H2,2-3H3. The molecule has 0 saturated carbocycles. The highest BCUT2D eigenvalue weighted by atomic mass is 35.5. The van der Waals surface area contributed by atoms with Crippen LogP contribution in [0, 0.1) is 0 Å². The topological polar surface area (TPSA) is 24.9 Å². The van der Waals surface area contributed by atoms with E-state index in [1.807, 2.05) is 12.1 Å². The average Bonchev–Trinajstić information content (AvgIpc) is 2.72. The van der Waals surface area contributed by atoms with Crippen molar-refractivity contribution in [3.63, 3.8) is 0 Å². The molecule has 0 amide bonds. The molecule has 1 aromatic carbocycles. The van der Waals surface area contributed by atoms with Crippen molar-refractivity contribution in [1.82, 2.24) is 9.80 Å². The first-order chi connectivity index (χ1) is 10.6. The quantitative estimate of drug-likeness (QED) is 0.751. The van der Waals surface area contributed by atoms with Gasteiger partial charge in [-0.05, 0) is 38.2 Å². The number of hydrogen-bond acceptors (Lipinski definition) is 4. The van der Waals surface area contributed by atoms with Crippen LogP contribution in [0.1, 0.15) is 12.0 Å². The molecule has 1 aromatic rings. The van der Waals surface area contributed by atoms with Gasteiger partial charge in [0, 0.05) is 30.7 Å². The summed E-state index contributed by atoms with van der Waals surface area (Å²) in [5, 5.41) is 0.720. The van der Waals surface area contributed by atoms with E-state index in [0.717, 1.165) is 43.3 Å². The minimum Gasteiger partial charge on any atom is -0.493 e. The van der Waals surface area contributed by atoms with Gasteiger partial charge in [-0.25, -0.2) is 0 Å². The van der Waals surface area contributed by atoms with Gasteiger partial charge in [-0.3, -0.25) is 4.90 Å². The van der Waals surface area contributed by atoms with E-state index in [9.17, 15) is 0 Å². The Kier molecular flexibility index (Phi) is 6.55. The Morgan fingerprint density at radius 1 is 1.23 bits per heavy atom.